The summed E-state index contributed by atoms with van der Waals surface area (Å²) in [6.07, 6.45) is 5.29. The third-order valence-electron chi connectivity index (χ3n) is 3.78. The van der Waals surface area contributed by atoms with Crippen molar-refractivity contribution >= 4 is 5.69 Å². The molecule has 2 aliphatic rings. The molecule has 2 unspecified atom stereocenters. The minimum absolute atomic E-state index is 0.747. The van der Waals surface area contributed by atoms with E-state index in [9.17, 15) is 0 Å². The minimum atomic E-state index is 0.747. The molecule has 14 heavy (non-hydrogen) atoms. The number of hydrogen-bond donors (Lipinski definition) is 1. The SMILES string of the molecule is CCc1ccc2c(c1)NC1CCCC21. The largest absolute Gasteiger partial charge is 0.381 e. The molecule has 2 atom stereocenters. The monoisotopic (exact) mass is 187 g/mol. The Morgan fingerprint density at radius 1 is 1.36 bits per heavy atom. The van der Waals surface area contributed by atoms with Gasteiger partial charge < -0.3 is 5.32 Å². The molecule has 1 heterocycles. The van der Waals surface area contributed by atoms with E-state index in [4.69, 9.17) is 0 Å². The molecule has 1 aliphatic heterocycles. The van der Waals surface area contributed by atoms with Crippen molar-refractivity contribution in [1.29, 1.82) is 0 Å². The highest BCUT2D eigenvalue weighted by Crippen LogP contribution is 2.45. The molecule has 0 amide bonds. The molecule has 1 aliphatic carbocycles. The molecule has 0 bridgehead atoms. The molecular weight excluding hydrogens is 170 g/mol. The average Bonchev–Trinajstić information content (AvgIpc) is 2.75. The number of anilines is 1. The highest BCUT2D eigenvalue weighted by atomic mass is 15.0. The van der Waals surface area contributed by atoms with E-state index in [1.165, 1.54) is 30.5 Å². The van der Waals surface area contributed by atoms with E-state index in [1.807, 2.05) is 0 Å². The van der Waals surface area contributed by atoms with Gasteiger partial charge in [0.2, 0.25) is 0 Å². The van der Waals surface area contributed by atoms with Crippen molar-refractivity contribution in [3.8, 4) is 0 Å². The van der Waals surface area contributed by atoms with Gasteiger partial charge in [-0.1, -0.05) is 25.5 Å². The van der Waals surface area contributed by atoms with Crippen molar-refractivity contribution in [2.24, 2.45) is 0 Å². The molecule has 3 rings (SSSR count). The predicted molar refractivity (Wildman–Crippen MR) is 59.8 cm³/mol. The van der Waals surface area contributed by atoms with E-state index < -0.39 is 0 Å². The lowest BCUT2D eigenvalue weighted by molar-refractivity contribution is 0.689. The molecule has 1 aromatic carbocycles. The molecule has 0 saturated heterocycles. The standard InChI is InChI=1S/C13H17N/c1-2-9-6-7-11-10-4-3-5-12(10)14-13(11)8-9/h6-8,10,12,14H,2-5H2,1H3. The molecule has 1 heteroatoms. The van der Waals surface area contributed by atoms with Crippen molar-refractivity contribution in [1.82, 2.24) is 0 Å². The van der Waals surface area contributed by atoms with Crippen LogP contribution in [0, 0.1) is 0 Å². The van der Waals surface area contributed by atoms with Gasteiger partial charge in [-0.05, 0) is 36.5 Å². The Kier molecular flexibility index (Phi) is 1.79. The lowest BCUT2D eigenvalue weighted by Gasteiger charge is -2.07. The van der Waals surface area contributed by atoms with Crippen molar-refractivity contribution < 1.29 is 0 Å². The van der Waals surface area contributed by atoms with Gasteiger partial charge in [0.15, 0.2) is 0 Å². The van der Waals surface area contributed by atoms with Gasteiger partial charge in [-0.2, -0.15) is 0 Å². The Morgan fingerprint density at radius 3 is 3.14 bits per heavy atom. The molecule has 1 N–H and O–H groups in total. The summed E-state index contributed by atoms with van der Waals surface area (Å²) in [6.45, 7) is 2.22. The first-order chi connectivity index (χ1) is 6.88. The third kappa shape index (κ3) is 1.08. The molecule has 1 saturated carbocycles. The van der Waals surface area contributed by atoms with Gasteiger partial charge in [-0.3, -0.25) is 0 Å². The first kappa shape index (κ1) is 8.34. The van der Waals surface area contributed by atoms with E-state index >= 15 is 0 Å². The van der Waals surface area contributed by atoms with Crippen LogP contribution < -0.4 is 5.32 Å². The zero-order chi connectivity index (χ0) is 9.54. The van der Waals surface area contributed by atoms with Crippen LogP contribution in [0.1, 0.15) is 43.2 Å². The van der Waals surface area contributed by atoms with E-state index in [0.29, 0.717) is 0 Å². The Labute approximate surface area is 85.5 Å². The van der Waals surface area contributed by atoms with Gasteiger partial charge in [0.1, 0.15) is 0 Å². The summed E-state index contributed by atoms with van der Waals surface area (Å²) in [5, 5.41) is 3.67. The van der Waals surface area contributed by atoms with Crippen molar-refractivity contribution in [2.45, 2.75) is 44.6 Å². The van der Waals surface area contributed by atoms with Gasteiger partial charge in [-0.15, -0.1) is 0 Å². The van der Waals surface area contributed by atoms with Crippen LogP contribution in [-0.2, 0) is 6.42 Å². The summed E-state index contributed by atoms with van der Waals surface area (Å²) in [5.74, 6) is 0.816. The molecule has 0 radical (unpaired) electrons. The number of hydrogen-bond acceptors (Lipinski definition) is 1. The van der Waals surface area contributed by atoms with Crippen LogP contribution >= 0.6 is 0 Å². The quantitative estimate of drug-likeness (QED) is 0.711. The second-order valence-corrected chi connectivity index (χ2v) is 4.56. The summed E-state index contributed by atoms with van der Waals surface area (Å²) in [6, 6.07) is 7.73. The van der Waals surface area contributed by atoms with Crippen LogP contribution in [-0.4, -0.2) is 6.04 Å². The molecule has 1 aromatic rings. The Hall–Kier alpha value is -0.980. The Morgan fingerprint density at radius 2 is 2.29 bits per heavy atom. The average molecular weight is 187 g/mol. The topological polar surface area (TPSA) is 12.0 Å². The number of rotatable bonds is 1. The molecular formula is C13H17N. The lowest BCUT2D eigenvalue weighted by Crippen LogP contribution is -2.13. The summed E-state index contributed by atoms with van der Waals surface area (Å²) in [5.41, 5.74) is 4.44. The van der Waals surface area contributed by atoms with E-state index in [0.717, 1.165) is 18.4 Å². The smallest absolute Gasteiger partial charge is 0.0381 e. The van der Waals surface area contributed by atoms with Crippen LogP contribution in [0.4, 0.5) is 5.69 Å². The fraction of sp³-hybridized carbons (Fsp3) is 0.538. The van der Waals surface area contributed by atoms with Gasteiger partial charge in [0, 0.05) is 17.6 Å². The fourth-order valence-corrected chi connectivity index (χ4v) is 2.98. The Bertz CT molecular complexity index is 356. The van der Waals surface area contributed by atoms with Gasteiger partial charge in [0.25, 0.3) is 0 Å². The fourth-order valence-electron chi connectivity index (χ4n) is 2.98. The zero-order valence-corrected chi connectivity index (χ0v) is 8.72. The minimum Gasteiger partial charge on any atom is -0.381 e. The molecule has 1 fully saturated rings. The normalized spacial score (nSPS) is 28.4. The summed E-state index contributed by atoms with van der Waals surface area (Å²) in [7, 11) is 0. The summed E-state index contributed by atoms with van der Waals surface area (Å²) < 4.78 is 0. The van der Waals surface area contributed by atoms with E-state index in [2.05, 4.69) is 30.4 Å². The van der Waals surface area contributed by atoms with Crippen LogP contribution in [0.2, 0.25) is 0 Å². The number of aryl methyl sites for hydroxylation is 1. The van der Waals surface area contributed by atoms with Gasteiger partial charge in [-0.25, -0.2) is 0 Å². The van der Waals surface area contributed by atoms with Crippen molar-refractivity contribution in [3.63, 3.8) is 0 Å². The van der Waals surface area contributed by atoms with Crippen molar-refractivity contribution in [2.75, 3.05) is 5.32 Å². The second kappa shape index (κ2) is 3.01. The third-order valence-corrected chi connectivity index (χ3v) is 3.78. The molecule has 0 aromatic heterocycles. The zero-order valence-electron chi connectivity index (χ0n) is 8.72. The number of fused-ring (bicyclic) bond motifs is 3. The summed E-state index contributed by atoms with van der Waals surface area (Å²) in [4.78, 5) is 0. The van der Waals surface area contributed by atoms with E-state index in [-0.39, 0.29) is 0 Å². The number of benzene rings is 1. The van der Waals surface area contributed by atoms with E-state index in [1.54, 1.807) is 5.56 Å². The maximum Gasteiger partial charge on any atom is 0.0381 e. The maximum atomic E-state index is 3.67. The predicted octanol–water partition coefficient (Wildman–Crippen LogP) is 3.31. The molecule has 74 valence electrons. The summed E-state index contributed by atoms with van der Waals surface area (Å²) >= 11 is 0. The Balaban J connectivity index is 2.01. The first-order valence-electron chi connectivity index (χ1n) is 5.78. The first-order valence-corrected chi connectivity index (χ1v) is 5.78. The van der Waals surface area contributed by atoms with Crippen LogP contribution in [0.3, 0.4) is 0 Å². The maximum absolute atomic E-state index is 3.67. The van der Waals surface area contributed by atoms with Gasteiger partial charge >= 0.3 is 0 Å². The van der Waals surface area contributed by atoms with Crippen molar-refractivity contribution in [3.05, 3.63) is 29.3 Å². The highest BCUT2D eigenvalue weighted by molar-refractivity contribution is 5.61. The molecule has 1 nitrogen and oxygen atoms in total. The molecule has 0 spiro atoms. The lowest BCUT2D eigenvalue weighted by atomic mass is 9.96. The van der Waals surface area contributed by atoms with Crippen LogP contribution in [0.25, 0.3) is 0 Å². The second-order valence-electron chi connectivity index (χ2n) is 4.56. The van der Waals surface area contributed by atoms with Crippen LogP contribution in [0.5, 0.6) is 0 Å². The van der Waals surface area contributed by atoms with Gasteiger partial charge in [0.05, 0.1) is 0 Å². The highest BCUT2D eigenvalue weighted by Gasteiger charge is 2.35. The van der Waals surface area contributed by atoms with Crippen LogP contribution in [0.15, 0.2) is 18.2 Å². The number of nitrogens with one attached hydrogen (secondary N) is 1.